The lowest BCUT2D eigenvalue weighted by molar-refractivity contribution is 1.22. The van der Waals surface area contributed by atoms with E-state index in [2.05, 4.69) is 42.0 Å². The van der Waals surface area contributed by atoms with Crippen LogP contribution in [0.25, 0.3) is 11.1 Å². The molecule has 0 aliphatic heterocycles. The van der Waals surface area contributed by atoms with Crippen molar-refractivity contribution in [2.75, 3.05) is 0 Å². The number of aryl methyl sites for hydroxylation is 2. The summed E-state index contributed by atoms with van der Waals surface area (Å²) in [7, 11) is 5.14. The minimum Gasteiger partial charge on any atom is -0.269 e. The van der Waals surface area contributed by atoms with Gasteiger partial charge in [-0.3, -0.25) is 9.97 Å². The van der Waals surface area contributed by atoms with Gasteiger partial charge in [0.15, 0.2) is 7.85 Å². The Kier molecular flexibility index (Phi) is 3.37. The molecule has 0 aliphatic rings. The smallest absolute Gasteiger partial charge is 0.163 e. The second-order valence-electron chi connectivity index (χ2n) is 4.48. The van der Waals surface area contributed by atoms with Crippen LogP contribution in [0.4, 0.5) is 0 Å². The first-order chi connectivity index (χ1) is 8.08. The average molecular weight is 220 g/mol. The van der Waals surface area contributed by atoms with Gasteiger partial charge in [-0.05, 0) is 60.4 Å². The molecule has 2 heterocycles. The van der Waals surface area contributed by atoms with Crippen LogP contribution in [0.2, 0.25) is 0 Å². The summed E-state index contributed by atoms with van der Waals surface area (Å²) in [4.78, 5) is 8.92. The molecule has 2 aromatic rings. The highest BCUT2D eigenvalue weighted by Crippen LogP contribution is 2.17. The highest BCUT2D eigenvalue weighted by atomic mass is 14.7. The zero-order chi connectivity index (χ0) is 12.4. The number of aromatic nitrogens is 2. The Hall–Kier alpha value is -1.51. The highest BCUT2D eigenvalue weighted by molar-refractivity contribution is 6.97. The summed E-state index contributed by atoms with van der Waals surface area (Å²) in [6, 6.07) is 8.55. The van der Waals surface area contributed by atoms with E-state index in [9.17, 15) is 0 Å². The Morgan fingerprint density at radius 2 is 1.53 bits per heavy atom. The predicted molar refractivity (Wildman–Crippen MR) is 80.4 cm³/mol. The fourth-order valence-corrected chi connectivity index (χ4v) is 2.09. The molecule has 17 heavy (non-hydrogen) atoms. The van der Waals surface area contributed by atoms with Gasteiger partial charge in [-0.15, -0.1) is 0 Å². The van der Waals surface area contributed by atoms with Crippen LogP contribution < -0.4 is 11.2 Å². The number of nitrogens with zero attached hydrogens (tertiary/aromatic N) is 2. The van der Waals surface area contributed by atoms with Gasteiger partial charge in [-0.25, -0.2) is 0 Å². The highest BCUT2D eigenvalue weighted by Gasteiger charge is 2.04. The van der Waals surface area contributed by atoms with Gasteiger partial charge in [-0.1, -0.05) is 0 Å². The van der Waals surface area contributed by atoms with Crippen LogP contribution in [0.3, 0.4) is 0 Å². The Labute approximate surface area is 105 Å². The van der Waals surface area contributed by atoms with Crippen LogP contribution in [-0.4, -0.2) is 32.7 Å². The van der Waals surface area contributed by atoms with Gasteiger partial charge in [0.05, 0.1) is 7.74 Å². The summed E-state index contributed by atoms with van der Waals surface area (Å²) in [5, 5.41) is 0. The van der Waals surface area contributed by atoms with Gasteiger partial charge in [0.2, 0.25) is 0 Å². The van der Waals surface area contributed by atoms with E-state index in [-0.39, 0.29) is 0 Å². The van der Waals surface area contributed by atoms with Crippen LogP contribution in [0.1, 0.15) is 11.4 Å². The predicted octanol–water partition coefficient (Wildman–Crippen LogP) is -1.37. The van der Waals surface area contributed by atoms with E-state index in [1.54, 1.807) is 0 Å². The maximum Gasteiger partial charge on any atom is 0.163 e. The zero-order valence-corrected chi connectivity index (χ0v) is 10.9. The average Bonchev–Trinajstić information content (AvgIpc) is 2.26. The van der Waals surface area contributed by atoms with Crippen LogP contribution in [-0.2, 0) is 0 Å². The van der Waals surface area contributed by atoms with Crippen molar-refractivity contribution in [1.82, 2.24) is 9.97 Å². The van der Waals surface area contributed by atoms with Crippen molar-refractivity contribution in [1.29, 1.82) is 0 Å². The molecular weight excluding hydrogens is 205 g/mol. The molecule has 0 atom stereocenters. The second kappa shape index (κ2) is 4.78. The monoisotopic (exact) mass is 220 g/mol. The largest absolute Gasteiger partial charge is 0.269 e. The van der Waals surface area contributed by atoms with E-state index in [1.165, 1.54) is 11.1 Å². The van der Waals surface area contributed by atoms with Crippen LogP contribution >= 0.6 is 0 Å². The number of rotatable bonds is 2. The van der Waals surface area contributed by atoms with Crippen LogP contribution in [0.5, 0.6) is 0 Å². The Morgan fingerprint density at radius 3 is 2.12 bits per heavy atom. The fourth-order valence-electron chi connectivity index (χ4n) is 2.09. The van der Waals surface area contributed by atoms with Crippen molar-refractivity contribution in [2.24, 2.45) is 0 Å². The summed E-state index contributed by atoms with van der Waals surface area (Å²) in [6.45, 7) is 4.08. The van der Waals surface area contributed by atoms with E-state index in [0.717, 1.165) is 29.7 Å². The molecule has 82 valence electrons. The van der Waals surface area contributed by atoms with E-state index in [1.807, 2.05) is 21.7 Å². The molecule has 0 N–H and O–H groups in total. The van der Waals surface area contributed by atoms with Gasteiger partial charge in [-0.2, -0.15) is 0 Å². The fraction of sp³-hybridized carbons (Fsp3) is 0.167. The van der Waals surface area contributed by atoms with Crippen molar-refractivity contribution < 1.29 is 0 Å². The standard InChI is InChI=1S/C12H15B3N2/c1-7-3-9(5-11(13)16-7)10-4-8(2)17-12(6-10)15-14/h3-6,15H,13-14H2,1-2H3. The summed E-state index contributed by atoms with van der Waals surface area (Å²) in [5.41, 5.74) is 6.82. The minimum absolute atomic E-state index is 0.970. The third-order valence-electron chi connectivity index (χ3n) is 2.78. The summed E-state index contributed by atoms with van der Waals surface area (Å²) >= 11 is 0. The number of hydrogen-bond acceptors (Lipinski definition) is 2. The van der Waals surface area contributed by atoms with E-state index >= 15 is 0 Å². The first-order valence-corrected chi connectivity index (χ1v) is 6.01. The molecule has 0 aromatic carbocycles. The van der Waals surface area contributed by atoms with Crippen molar-refractivity contribution in [2.45, 2.75) is 13.8 Å². The van der Waals surface area contributed by atoms with Crippen molar-refractivity contribution in [3.63, 3.8) is 0 Å². The van der Waals surface area contributed by atoms with Crippen LogP contribution in [0.15, 0.2) is 24.3 Å². The maximum absolute atomic E-state index is 4.51. The van der Waals surface area contributed by atoms with E-state index in [4.69, 9.17) is 0 Å². The number of hydrogen-bond donors (Lipinski definition) is 0. The van der Waals surface area contributed by atoms with Gasteiger partial charge < -0.3 is 0 Å². The van der Waals surface area contributed by atoms with Gasteiger partial charge in [0.1, 0.15) is 7.17 Å². The molecule has 2 nitrogen and oxygen atoms in total. The first kappa shape index (κ1) is 12.0. The van der Waals surface area contributed by atoms with Crippen LogP contribution in [0, 0.1) is 13.8 Å². The summed E-state index contributed by atoms with van der Waals surface area (Å²) in [6.07, 6.45) is 0. The Balaban J connectivity index is 2.55. The van der Waals surface area contributed by atoms with Crippen molar-refractivity contribution >= 4 is 33.9 Å². The molecule has 0 fully saturated rings. The lowest BCUT2D eigenvalue weighted by atomic mass is 9.53. The van der Waals surface area contributed by atoms with E-state index < -0.39 is 0 Å². The lowest BCUT2D eigenvalue weighted by Crippen LogP contribution is -2.19. The molecule has 0 bridgehead atoms. The third-order valence-corrected chi connectivity index (χ3v) is 2.78. The summed E-state index contributed by atoms with van der Waals surface area (Å²) in [5.74, 6) is 0. The molecule has 2 rings (SSSR count). The molecule has 0 saturated carbocycles. The van der Waals surface area contributed by atoms with Gasteiger partial charge in [0.25, 0.3) is 0 Å². The van der Waals surface area contributed by atoms with E-state index in [0.29, 0.717) is 0 Å². The molecule has 5 heteroatoms. The maximum atomic E-state index is 4.51. The Bertz CT molecular complexity index is 535. The molecule has 0 unspecified atom stereocenters. The molecule has 0 radical (unpaired) electrons. The zero-order valence-electron chi connectivity index (χ0n) is 10.9. The normalized spacial score (nSPS) is 10.2. The molecule has 0 amide bonds. The molecule has 2 aromatic heterocycles. The molecule has 0 aliphatic carbocycles. The molecular formula is C12H15B3N2. The van der Waals surface area contributed by atoms with Crippen molar-refractivity contribution in [3.8, 4) is 11.1 Å². The minimum atomic E-state index is 0.970. The lowest BCUT2D eigenvalue weighted by Gasteiger charge is -2.08. The topological polar surface area (TPSA) is 25.8 Å². The molecule has 0 spiro atoms. The first-order valence-electron chi connectivity index (χ1n) is 6.01. The second-order valence-corrected chi connectivity index (χ2v) is 4.48. The quantitative estimate of drug-likeness (QED) is 0.583. The van der Waals surface area contributed by atoms with Gasteiger partial charge >= 0.3 is 0 Å². The SMILES string of the molecule is BBc1cc(-c2cc(B)nc(C)c2)cc(C)n1. The van der Waals surface area contributed by atoms with Gasteiger partial charge in [0, 0.05) is 11.4 Å². The third kappa shape index (κ3) is 2.79. The Morgan fingerprint density at radius 1 is 0.941 bits per heavy atom. The number of pyridine rings is 2. The van der Waals surface area contributed by atoms with Crippen molar-refractivity contribution in [3.05, 3.63) is 35.7 Å². The summed E-state index contributed by atoms with van der Waals surface area (Å²) < 4.78 is 0. The molecule has 0 saturated heterocycles.